The zero-order chi connectivity index (χ0) is 16.7. The van der Waals surface area contributed by atoms with Crippen LogP contribution in [0.1, 0.15) is 26.2 Å². The van der Waals surface area contributed by atoms with Crippen molar-refractivity contribution < 1.29 is 14.8 Å². The van der Waals surface area contributed by atoms with Crippen molar-refractivity contribution in [1.82, 2.24) is 0 Å². The van der Waals surface area contributed by atoms with Gasteiger partial charge in [-0.3, -0.25) is 0 Å². The highest BCUT2D eigenvalue weighted by Crippen LogP contribution is 2.44. The molecule has 2 rings (SSSR count). The van der Waals surface area contributed by atoms with E-state index in [1.54, 1.807) is 0 Å². The summed E-state index contributed by atoms with van der Waals surface area (Å²) >= 11 is 0. The summed E-state index contributed by atoms with van der Waals surface area (Å²) in [5, 5.41) is 21.9. The average Bonchev–Trinajstić information content (AvgIpc) is 2.61. The molecule has 23 heavy (non-hydrogen) atoms. The van der Waals surface area contributed by atoms with E-state index in [0.717, 1.165) is 12.8 Å². The molecule has 0 saturated heterocycles. The van der Waals surface area contributed by atoms with Crippen LogP contribution in [0.5, 0.6) is 0 Å². The van der Waals surface area contributed by atoms with E-state index in [4.69, 9.17) is 0 Å². The van der Waals surface area contributed by atoms with Gasteiger partial charge in [-0.1, -0.05) is 80.4 Å². The van der Waals surface area contributed by atoms with Crippen LogP contribution in [-0.2, 0) is 4.57 Å². The molecule has 2 aromatic carbocycles. The van der Waals surface area contributed by atoms with Gasteiger partial charge in [-0.15, -0.1) is 0 Å². The fourth-order valence-corrected chi connectivity index (χ4v) is 5.49. The molecular formula is C19H25O3P. The zero-order valence-electron chi connectivity index (χ0n) is 13.5. The van der Waals surface area contributed by atoms with Gasteiger partial charge in [-0.25, -0.2) is 0 Å². The molecule has 0 heterocycles. The van der Waals surface area contributed by atoms with E-state index < -0.39 is 19.3 Å². The fourth-order valence-electron chi connectivity index (χ4n) is 2.69. The number of aliphatic hydroxyl groups excluding tert-OH is 2. The van der Waals surface area contributed by atoms with Crippen molar-refractivity contribution in [2.24, 2.45) is 0 Å². The molecule has 0 spiro atoms. The van der Waals surface area contributed by atoms with Crippen LogP contribution in [0.2, 0.25) is 0 Å². The second kappa shape index (κ2) is 8.44. The largest absolute Gasteiger partial charge is 0.390 e. The van der Waals surface area contributed by atoms with E-state index in [1.165, 1.54) is 0 Å². The summed E-state index contributed by atoms with van der Waals surface area (Å²) in [5.41, 5.74) is 0. The highest BCUT2D eigenvalue weighted by molar-refractivity contribution is 7.78. The maximum atomic E-state index is 13.7. The first-order valence-corrected chi connectivity index (χ1v) is 10.0. The van der Waals surface area contributed by atoms with Crippen molar-refractivity contribution in [2.75, 3.05) is 6.16 Å². The van der Waals surface area contributed by atoms with Crippen molar-refractivity contribution in [1.29, 1.82) is 0 Å². The lowest BCUT2D eigenvalue weighted by Gasteiger charge is -2.25. The van der Waals surface area contributed by atoms with Crippen LogP contribution in [0, 0.1) is 0 Å². The Morgan fingerprint density at radius 3 is 1.78 bits per heavy atom. The molecular weight excluding hydrogens is 307 g/mol. The molecule has 2 N–H and O–H groups in total. The van der Waals surface area contributed by atoms with Gasteiger partial charge in [0.2, 0.25) is 0 Å². The van der Waals surface area contributed by atoms with Crippen molar-refractivity contribution in [2.45, 2.75) is 38.4 Å². The van der Waals surface area contributed by atoms with Crippen molar-refractivity contribution in [3.63, 3.8) is 0 Å². The van der Waals surface area contributed by atoms with Gasteiger partial charge in [0.1, 0.15) is 7.14 Å². The zero-order valence-corrected chi connectivity index (χ0v) is 14.4. The van der Waals surface area contributed by atoms with Gasteiger partial charge >= 0.3 is 0 Å². The van der Waals surface area contributed by atoms with E-state index in [-0.39, 0.29) is 6.16 Å². The molecule has 0 amide bonds. The number of unbranched alkanes of at least 4 members (excludes halogenated alkanes) is 1. The first-order chi connectivity index (χ1) is 11.1. The van der Waals surface area contributed by atoms with Gasteiger partial charge in [-0.2, -0.15) is 0 Å². The molecule has 0 bridgehead atoms. The minimum Gasteiger partial charge on any atom is -0.390 e. The minimum atomic E-state index is -2.98. The van der Waals surface area contributed by atoms with Crippen LogP contribution in [-0.4, -0.2) is 28.6 Å². The Kier molecular flexibility index (Phi) is 6.59. The lowest BCUT2D eigenvalue weighted by Crippen LogP contribution is -2.33. The molecule has 2 atom stereocenters. The average molecular weight is 332 g/mol. The summed E-state index contributed by atoms with van der Waals surface area (Å²) in [6, 6.07) is 18.5. The molecule has 0 aliphatic carbocycles. The third kappa shape index (κ3) is 4.54. The van der Waals surface area contributed by atoms with Crippen molar-refractivity contribution in [3.05, 3.63) is 60.7 Å². The Morgan fingerprint density at radius 1 is 0.870 bits per heavy atom. The Balaban J connectivity index is 2.30. The molecule has 0 radical (unpaired) electrons. The molecule has 2 aromatic rings. The summed E-state index contributed by atoms with van der Waals surface area (Å²) in [6.45, 7) is 2.04. The first-order valence-electron chi connectivity index (χ1n) is 8.14. The van der Waals surface area contributed by atoms with Gasteiger partial charge in [0.05, 0.1) is 12.2 Å². The lowest BCUT2D eigenvalue weighted by molar-refractivity contribution is 0.0268. The number of benzene rings is 2. The molecule has 0 aliphatic heterocycles. The third-order valence-electron chi connectivity index (χ3n) is 4.09. The lowest BCUT2D eigenvalue weighted by atomic mass is 10.1. The molecule has 4 heteroatoms. The van der Waals surface area contributed by atoms with E-state index in [0.29, 0.717) is 17.0 Å². The van der Waals surface area contributed by atoms with Gasteiger partial charge in [0, 0.05) is 16.8 Å². The quantitative estimate of drug-likeness (QED) is 0.731. The minimum absolute atomic E-state index is 0.0614. The van der Waals surface area contributed by atoms with Gasteiger partial charge in [0.25, 0.3) is 0 Å². The van der Waals surface area contributed by atoms with Gasteiger partial charge in [0.15, 0.2) is 0 Å². The predicted octanol–water partition coefficient (Wildman–Crippen LogP) is 2.91. The highest BCUT2D eigenvalue weighted by atomic mass is 31.2. The summed E-state index contributed by atoms with van der Waals surface area (Å²) in [6.07, 6.45) is 0.564. The second-order valence-corrected chi connectivity index (χ2v) is 8.75. The Bertz CT molecular complexity index is 584. The summed E-state index contributed by atoms with van der Waals surface area (Å²) in [5.74, 6) is 0. The van der Waals surface area contributed by atoms with Crippen LogP contribution in [0.25, 0.3) is 0 Å². The maximum absolute atomic E-state index is 13.7. The molecule has 124 valence electrons. The SMILES string of the molecule is CCCC[C@@H](O)[C@H](O)CP(=O)(c1ccccc1)c1ccccc1. The van der Waals surface area contributed by atoms with Crippen LogP contribution in [0.4, 0.5) is 0 Å². The first kappa shape index (κ1) is 17.9. The Labute approximate surface area is 138 Å². The van der Waals surface area contributed by atoms with Crippen LogP contribution >= 0.6 is 7.14 Å². The summed E-state index contributed by atoms with van der Waals surface area (Å²) in [7, 11) is -2.98. The van der Waals surface area contributed by atoms with Crippen LogP contribution in [0.3, 0.4) is 0 Å². The van der Waals surface area contributed by atoms with Gasteiger partial charge < -0.3 is 14.8 Å². The van der Waals surface area contributed by atoms with E-state index in [2.05, 4.69) is 0 Å². The number of aliphatic hydroxyl groups is 2. The van der Waals surface area contributed by atoms with Crippen LogP contribution in [0.15, 0.2) is 60.7 Å². The number of hydrogen-bond donors (Lipinski definition) is 2. The molecule has 0 fully saturated rings. The Morgan fingerprint density at radius 2 is 1.35 bits per heavy atom. The van der Waals surface area contributed by atoms with E-state index in [9.17, 15) is 14.8 Å². The van der Waals surface area contributed by atoms with Crippen molar-refractivity contribution >= 4 is 17.8 Å². The van der Waals surface area contributed by atoms with Crippen LogP contribution < -0.4 is 10.6 Å². The molecule has 0 unspecified atom stereocenters. The number of rotatable bonds is 8. The highest BCUT2D eigenvalue weighted by Gasteiger charge is 2.32. The Hall–Kier alpha value is -1.41. The third-order valence-corrected chi connectivity index (χ3v) is 7.24. The fraction of sp³-hybridized carbons (Fsp3) is 0.368. The molecule has 3 nitrogen and oxygen atoms in total. The monoisotopic (exact) mass is 332 g/mol. The molecule has 0 aromatic heterocycles. The summed E-state index contributed by atoms with van der Waals surface area (Å²) < 4.78 is 13.7. The summed E-state index contributed by atoms with van der Waals surface area (Å²) in [4.78, 5) is 0. The topological polar surface area (TPSA) is 57.5 Å². The maximum Gasteiger partial charge on any atom is 0.145 e. The van der Waals surface area contributed by atoms with E-state index >= 15 is 0 Å². The van der Waals surface area contributed by atoms with Crippen molar-refractivity contribution in [3.8, 4) is 0 Å². The van der Waals surface area contributed by atoms with E-state index in [1.807, 2.05) is 67.6 Å². The predicted molar refractivity (Wildman–Crippen MR) is 96.2 cm³/mol. The molecule has 0 saturated carbocycles. The normalized spacial score (nSPS) is 14.4. The van der Waals surface area contributed by atoms with Gasteiger partial charge in [-0.05, 0) is 6.42 Å². The smallest absolute Gasteiger partial charge is 0.145 e. The standard InChI is InChI=1S/C19H25O3P/c1-2-3-14-18(20)19(21)15-23(22,16-10-6-4-7-11-16)17-12-8-5-9-13-17/h4-13,18-21H,2-3,14-15H2,1H3/t18-,19-/m1/s1. The second-order valence-electron chi connectivity index (χ2n) is 5.87. The number of hydrogen-bond acceptors (Lipinski definition) is 3. The molecule has 0 aliphatic rings.